The highest BCUT2D eigenvalue weighted by molar-refractivity contribution is 5.88. The van der Waals surface area contributed by atoms with Crippen LogP contribution in [0.3, 0.4) is 0 Å². The van der Waals surface area contributed by atoms with E-state index in [4.69, 9.17) is 23.5 Å². The standard InChI is InChI=1S/C25H36N2O6/c1-17(2)14-31-21-5-4-6-22-23(21)24(26-33-22)32-15-18-7-10-27(11-8-18)13-19-16-30-12-9-20(19)25(28)29-3/h4-6,17-20H,7-16H2,1-3H3. The first-order valence-electron chi connectivity index (χ1n) is 12.1. The SMILES string of the molecule is COC(=O)C1CCOCC1CN1CCC(COc2noc3cccc(OCC(C)C)c23)CC1. The summed E-state index contributed by atoms with van der Waals surface area (Å²) in [5, 5.41) is 4.95. The summed E-state index contributed by atoms with van der Waals surface area (Å²) in [5.74, 6) is 2.17. The summed E-state index contributed by atoms with van der Waals surface area (Å²) in [6.07, 6.45) is 2.84. The van der Waals surface area contributed by atoms with Gasteiger partial charge in [-0.15, -0.1) is 0 Å². The van der Waals surface area contributed by atoms with Crippen LogP contribution < -0.4 is 9.47 Å². The van der Waals surface area contributed by atoms with Gasteiger partial charge in [0.05, 0.1) is 32.8 Å². The second kappa shape index (κ2) is 11.2. The van der Waals surface area contributed by atoms with Crippen LogP contribution in [0.1, 0.15) is 33.1 Å². The Kier molecular flexibility index (Phi) is 8.09. The lowest BCUT2D eigenvalue weighted by atomic mass is 9.87. The molecule has 0 radical (unpaired) electrons. The molecule has 1 aromatic heterocycles. The van der Waals surface area contributed by atoms with Crippen LogP contribution in [0.15, 0.2) is 22.7 Å². The van der Waals surface area contributed by atoms with Gasteiger partial charge in [-0.3, -0.25) is 4.79 Å². The Morgan fingerprint density at radius 3 is 2.79 bits per heavy atom. The van der Waals surface area contributed by atoms with Crippen molar-refractivity contribution in [3.05, 3.63) is 18.2 Å². The van der Waals surface area contributed by atoms with Crippen molar-refractivity contribution in [3.63, 3.8) is 0 Å². The summed E-state index contributed by atoms with van der Waals surface area (Å²) >= 11 is 0. The van der Waals surface area contributed by atoms with Gasteiger partial charge in [-0.05, 0) is 61.5 Å². The topological polar surface area (TPSA) is 83.3 Å². The molecule has 0 aliphatic carbocycles. The minimum absolute atomic E-state index is 0.0580. The maximum atomic E-state index is 12.1. The fraction of sp³-hybridized carbons (Fsp3) is 0.680. The minimum Gasteiger partial charge on any atom is -0.492 e. The normalized spacial score (nSPS) is 22.5. The molecule has 3 heterocycles. The van der Waals surface area contributed by atoms with E-state index in [1.165, 1.54) is 7.11 Å². The average Bonchev–Trinajstić information content (AvgIpc) is 3.26. The Morgan fingerprint density at radius 1 is 1.21 bits per heavy atom. The monoisotopic (exact) mass is 460 g/mol. The van der Waals surface area contributed by atoms with E-state index in [-0.39, 0.29) is 17.8 Å². The largest absolute Gasteiger partial charge is 0.492 e. The van der Waals surface area contributed by atoms with Gasteiger partial charge >= 0.3 is 5.97 Å². The molecule has 33 heavy (non-hydrogen) atoms. The lowest BCUT2D eigenvalue weighted by Crippen LogP contribution is -2.44. The number of aromatic nitrogens is 1. The summed E-state index contributed by atoms with van der Waals surface area (Å²) < 4.78 is 28.2. The van der Waals surface area contributed by atoms with Crippen LogP contribution >= 0.6 is 0 Å². The fourth-order valence-electron chi connectivity index (χ4n) is 4.71. The molecule has 182 valence electrons. The molecule has 2 aromatic rings. The van der Waals surface area contributed by atoms with E-state index in [1.807, 2.05) is 18.2 Å². The van der Waals surface area contributed by atoms with Gasteiger partial charge in [0.2, 0.25) is 0 Å². The Morgan fingerprint density at radius 2 is 2.03 bits per heavy atom. The predicted octanol–water partition coefficient (Wildman–Crippen LogP) is 3.78. The molecule has 2 saturated heterocycles. The molecular weight excluding hydrogens is 424 g/mol. The maximum Gasteiger partial charge on any atom is 0.309 e. The summed E-state index contributed by atoms with van der Waals surface area (Å²) in [6.45, 7) is 9.58. The van der Waals surface area contributed by atoms with Crippen LogP contribution in [0.5, 0.6) is 11.6 Å². The molecule has 0 bridgehead atoms. The smallest absolute Gasteiger partial charge is 0.309 e. The molecule has 1 aromatic carbocycles. The Hall–Kier alpha value is -2.32. The lowest BCUT2D eigenvalue weighted by Gasteiger charge is -2.37. The number of carbonyl (C=O) groups is 1. The molecule has 0 saturated carbocycles. The first-order valence-corrected chi connectivity index (χ1v) is 12.1. The van der Waals surface area contributed by atoms with Gasteiger partial charge in [0.15, 0.2) is 5.58 Å². The van der Waals surface area contributed by atoms with Crippen molar-refractivity contribution in [1.29, 1.82) is 0 Å². The molecule has 2 atom stereocenters. The van der Waals surface area contributed by atoms with Crippen LogP contribution in [-0.2, 0) is 14.3 Å². The molecule has 8 nitrogen and oxygen atoms in total. The van der Waals surface area contributed by atoms with Gasteiger partial charge in [-0.1, -0.05) is 19.9 Å². The molecule has 0 amide bonds. The van der Waals surface area contributed by atoms with Crippen LogP contribution in [0.25, 0.3) is 11.0 Å². The van der Waals surface area contributed by atoms with E-state index in [0.717, 1.165) is 50.0 Å². The van der Waals surface area contributed by atoms with Crippen LogP contribution in [0, 0.1) is 23.7 Å². The first kappa shape index (κ1) is 23.8. The highest BCUT2D eigenvalue weighted by Crippen LogP contribution is 2.34. The highest BCUT2D eigenvalue weighted by atomic mass is 16.5. The summed E-state index contributed by atoms with van der Waals surface area (Å²) in [4.78, 5) is 14.6. The zero-order valence-electron chi connectivity index (χ0n) is 20.0. The number of nitrogens with zero attached hydrogens (tertiary/aromatic N) is 2. The van der Waals surface area contributed by atoms with Crippen LogP contribution in [0.2, 0.25) is 0 Å². The third-order valence-electron chi connectivity index (χ3n) is 6.63. The van der Waals surface area contributed by atoms with E-state index in [9.17, 15) is 4.79 Å². The van der Waals surface area contributed by atoms with Crippen molar-refractivity contribution < 1.29 is 28.3 Å². The average molecular weight is 461 g/mol. The van der Waals surface area contributed by atoms with Gasteiger partial charge in [-0.2, -0.15) is 0 Å². The Bertz CT molecular complexity index is 905. The number of rotatable bonds is 9. The second-order valence-corrected chi connectivity index (χ2v) is 9.63. The van der Waals surface area contributed by atoms with E-state index in [2.05, 4.69) is 23.9 Å². The van der Waals surface area contributed by atoms with Crippen LogP contribution in [0.4, 0.5) is 0 Å². The first-order chi connectivity index (χ1) is 16.0. The number of likely N-dealkylation sites (tertiary alicyclic amines) is 1. The van der Waals surface area contributed by atoms with Gasteiger partial charge in [-0.25, -0.2) is 0 Å². The Balaban J connectivity index is 1.28. The molecule has 4 rings (SSSR count). The summed E-state index contributed by atoms with van der Waals surface area (Å²) in [5.41, 5.74) is 0.677. The number of hydrogen-bond acceptors (Lipinski definition) is 8. The lowest BCUT2D eigenvalue weighted by molar-refractivity contribution is -0.152. The molecular formula is C25H36N2O6. The number of esters is 1. The van der Waals surface area contributed by atoms with Gasteiger partial charge < -0.3 is 28.4 Å². The van der Waals surface area contributed by atoms with Crippen molar-refractivity contribution >= 4 is 16.9 Å². The Labute approximate surface area is 195 Å². The van der Waals surface area contributed by atoms with Crippen molar-refractivity contribution in [2.45, 2.75) is 33.1 Å². The maximum absolute atomic E-state index is 12.1. The van der Waals surface area contributed by atoms with Gasteiger partial charge in [0, 0.05) is 19.1 Å². The number of benzene rings is 1. The van der Waals surface area contributed by atoms with Crippen molar-refractivity contribution in [3.8, 4) is 11.6 Å². The molecule has 0 N–H and O–H groups in total. The minimum atomic E-state index is -0.108. The number of ether oxygens (including phenoxy) is 4. The van der Waals surface area contributed by atoms with E-state index < -0.39 is 0 Å². The van der Waals surface area contributed by atoms with Crippen LogP contribution in [-0.4, -0.2) is 69.2 Å². The third-order valence-corrected chi connectivity index (χ3v) is 6.63. The van der Waals surface area contributed by atoms with E-state index >= 15 is 0 Å². The van der Waals surface area contributed by atoms with E-state index in [0.29, 0.717) is 49.7 Å². The fourth-order valence-corrected chi connectivity index (χ4v) is 4.71. The van der Waals surface area contributed by atoms with Gasteiger partial charge in [0.1, 0.15) is 11.1 Å². The number of carbonyl (C=O) groups excluding carboxylic acids is 1. The van der Waals surface area contributed by atoms with Crippen molar-refractivity contribution in [1.82, 2.24) is 10.1 Å². The third kappa shape index (κ3) is 5.98. The molecule has 2 unspecified atom stereocenters. The van der Waals surface area contributed by atoms with Crippen molar-refractivity contribution in [2.24, 2.45) is 23.7 Å². The van der Waals surface area contributed by atoms with E-state index in [1.54, 1.807) is 0 Å². The second-order valence-electron chi connectivity index (χ2n) is 9.63. The molecule has 2 fully saturated rings. The summed E-state index contributed by atoms with van der Waals surface area (Å²) in [6, 6.07) is 5.72. The number of piperidine rings is 1. The molecule has 2 aliphatic rings. The quantitative estimate of drug-likeness (QED) is 0.523. The van der Waals surface area contributed by atoms with Gasteiger partial charge in [0.25, 0.3) is 5.88 Å². The molecule has 0 spiro atoms. The number of methoxy groups -OCH3 is 1. The predicted molar refractivity (Wildman–Crippen MR) is 123 cm³/mol. The zero-order chi connectivity index (χ0) is 23.2. The molecule has 2 aliphatic heterocycles. The highest BCUT2D eigenvalue weighted by Gasteiger charge is 2.34. The number of fused-ring (bicyclic) bond motifs is 1. The summed E-state index contributed by atoms with van der Waals surface area (Å²) in [7, 11) is 1.47. The number of hydrogen-bond donors (Lipinski definition) is 0. The zero-order valence-corrected chi connectivity index (χ0v) is 20.0. The van der Waals surface area contributed by atoms with Crippen molar-refractivity contribution in [2.75, 3.05) is 53.2 Å². The molecule has 8 heteroatoms.